The molecule has 6 amide bonds. The van der Waals surface area contributed by atoms with E-state index in [0.717, 1.165) is 50.3 Å². The molecule has 24 nitrogen and oxygen atoms in total. The quantitative estimate of drug-likeness (QED) is 0.0236. The van der Waals surface area contributed by atoms with Gasteiger partial charge in [-0.15, -0.1) is 11.3 Å². The third-order valence-electron chi connectivity index (χ3n) is 14.6. The van der Waals surface area contributed by atoms with Gasteiger partial charge >= 0.3 is 0 Å². The molecule has 0 spiro atoms. The minimum Gasteiger partial charge on any atom is -0.391 e. The lowest BCUT2D eigenvalue weighted by Gasteiger charge is -2.35. The fourth-order valence-electron chi connectivity index (χ4n) is 9.92. The fraction of sp³-hybridized carbons (Fsp3) is 0.540. The topological polar surface area (TPSA) is 314 Å². The summed E-state index contributed by atoms with van der Waals surface area (Å²) in [4.78, 5) is 103. The summed E-state index contributed by atoms with van der Waals surface area (Å²) in [5.41, 5.74) is 8.79. The molecule has 0 aliphatic carbocycles. The number of nitrogens with zero attached hydrogens (tertiary/aromatic N) is 3. The number of rotatable bonds is 35. The number of amides is 6. The van der Waals surface area contributed by atoms with Gasteiger partial charge in [-0.25, -0.2) is 4.98 Å². The van der Waals surface area contributed by atoms with Gasteiger partial charge in [0.25, 0.3) is 11.5 Å². The van der Waals surface area contributed by atoms with Crippen molar-refractivity contribution in [3.63, 3.8) is 0 Å². The molecule has 25 heteroatoms. The van der Waals surface area contributed by atoms with E-state index in [-0.39, 0.29) is 148 Å². The van der Waals surface area contributed by atoms with Crippen molar-refractivity contribution in [3.05, 3.63) is 109 Å². The molecule has 0 unspecified atom stereocenters. The van der Waals surface area contributed by atoms with Crippen molar-refractivity contribution < 1.29 is 62.3 Å². The Kier molecular flexibility index (Phi) is 27.9. The third-order valence-corrected chi connectivity index (χ3v) is 15.5. The number of ether oxygens (including phenoxy) is 6. The van der Waals surface area contributed by atoms with E-state index in [4.69, 9.17) is 33.8 Å². The number of pyridine rings is 1. The fourth-order valence-corrected chi connectivity index (χ4v) is 10.7. The van der Waals surface area contributed by atoms with E-state index in [1.807, 2.05) is 90.9 Å². The number of H-pyrrole nitrogens is 1. The summed E-state index contributed by atoms with van der Waals surface area (Å²) in [6, 6.07) is 11.5. The van der Waals surface area contributed by atoms with Crippen LogP contribution in [0.5, 0.6) is 0 Å². The maximum absolute atomic E-state index is 14.0. The standard InChI is InChI=1S/C63H88N10O14S/c1-40(2)69-52-31-47(30-49(50(52)33-64)59(78)67-35-51-41(3)29-42(4)70-60(51)79)45-13-17-72(18-14-45)56(77)38-87-28-26-85-25-27-86-37-55(76)65-16-20-83-22-24-84-23-21-82-19-15-54(75)71-58(63(6,7)8)62(81)73-36-48(74)32-53(73)61(80)66-34-44-9-11-46(12-10-44)57-43(5)68-39-88-57/h9-13,29-31,33,39-40,48,53,58,64,69,74H,14-28,32,34-38H2,1-8H3,(H,65,76)(H,66,80)(H,67,78)(H,70,79)(H,71,75)/t48-,53+,58-/m1/s1. The van der Waals surface area contributed by atoms with Gasteiger partial charge in [0, 0.05) is 86.9 Å². The first-order valence-corrected chi connectivity index (χ1v) is 30.7. The van der Waals surface area contributed by atoms with Crippen molar-refractivity contribution in [1.82, 2.24) is 41.0 Å². The summed E-state index contributed by atoms with van der Waals surface area (Å²) in [7, 11) is 0. The van der Waals surface area contributed by atoms with E-state index in [0.29, 0.717) is 41.9 Å². The molecule has 6 rings (SSSR count). The average Bonchev–Trinajstić information content (AvgIpc) is 2.59. The van der Waals surface area contributed by atoms with Crippen molar-refractivity contribution in [1.29, 1.82) is 5.41 Å². The van der Waals surface area contributed by atoms with E-state index >= 15 is 0 Å². The minimum atomic E-state index is -0.957. The maximum Gasteiger partial charge on any atom is 0.253 e. The molecular weight excluding hydrogens is 1150 g/mol. The van der Waals surface area contributed by atoms with Crippen molar-refractivity contribution in [2.45, 2.75) is 112 Å². The smallest absolute Gasteiger partial charge is 0.253 e. The number of thiazole rings is 1. The molecule has 2 aliphatic rings. The van der Waals surface area contributed by atoms with Crippen LogP contribution in [0.3, 0.4) is 0 Å². The molecule has 4 heterocycles. The molecule has 480 valence electrons. The number of hydrogen-bond acceptors (Lipinski definition) is 18. The van der Waals surface area contributed by atoms with E-state index in [1.165, 1.54) is 4.90 Å². The van der Waals surface area contributed by atoms with E-state index < -0.39 is 41.3 Å². The van der Waals surface area contributed by atoms with Crippen LogP contribution >= 0.6 is 11.3 Å². The third kappa shape index (κ3) is 21.8. The number of benzene rings is 2. The lowest BCUT2D eigenvalue weighted by atomic mass is 9.85. The summed E-state index contributed by atoms with van der Waals surface area (Å²) in [5, 5.41) is 33.4. The number of aliphatic hydroxyl groups excluding tert-OH is 1. The minimum absolute atomic E-state index is 0.00770. The van der Waals surface area contributed by atoms with Gasteiger partial charge in [-0.3, -0.25) is 33.6 Å². The molecule has 0 saturated carbocycles. The average molecular weight is 1240 g/mol. The molecule has 1 saturated heterocycles. The number of β-amino-alcohol motifs (C(OH)–C–C–N with tert-alkyl or cyclic N) is 1. The number of likely N-dealkylation sites (tertiary alicyclic amines) is 1. The molecule has 4 aromatic rings. The number of aryl methyl sites for hydroxylation is 3. The monoisotopic (exact) mass is 1240 g/mol. The number of hydrogen-bond donors (Lipinski definition) is 8. The van der Waals surface area contributed by atoms with Crippen LogP contribution < -0.4 is 32.1 Å². The van der Waals surface area contributed by atoms with Crippen LogP contribution in [0.2, 0.25) is 0 Å². The second-order valence-electron chi connectivity index (χ2n) is 23.0. The summed E-state index contributed by atoms with van der Waals surface area (Å²) >= 11 is 1.56. The molecule has 2 aromatic carbocycles. The summed E-state index contributed by atoms with van der Waals surface area (Å²) in [5.74, 6) is -2.12. The Balaban J connectivity index is 0.753. The summed E-state index contributed by atoms with van der Waals surface area (Å²) in [6.07, 6.45) is 2.84. The van der Waals surface area contributed by atoms with Gasteiger partial charge in [-0.05, 0) is 92.5 Å². The first-order valence-electron chi connectivity index (χ1n) is 29.8. The maximum atomic E-state index is 14.0. The van der Waals surface area contributed by atoms with Crippen LogP contribution in [0.1, 0.15) is 103 Å². The molecule has 88 heavy (non-hydrogen) atoms. The van der Waals surface area contributed by atoms with Gasteiger partial charge in [0.05, 0.1) is 93.8 Å². The molecular formula is C63H88N10O14S. The van der Waals surface area contributed by atoms with Crippen LogP contribution in [0.25, 0.3) is 16.0 Å². The zero-order valence-electron chi connectivity index (χ0n) is 51.9. The Bertz CT molecular complexity index is 3090. The number of anilines is 1. The van der Waals surface area contributed by atoms with E-state index in [9.17, 15) is 38.7 Å². The predicted molar refractivity (Wildman–Crippen MR) is 334 cm³/mol. The first kappa shape index (κ1) is 69.9. The number of aliphatic hydroxyl groups is 1. The van der Waals surface area contributed by atoms with Gasteiger partial charge < -0.3 is 80.3 Å². The lowest BCUT2D eigenvalue weighted by molar-refractivity contribution is -0.144. The zero-order chi connectivity index (χ0) is 63.8. The number of carbonyl (C=O) groups excluding carboxylic acids is 6. The van der Waals surface area contributed by atoms with Crippen LogP contribution in [-0.2, 0) is 65.5 Å². The van der Waals surface area contributed by atoms with Gasteiger partial charge in [0.2, 0.25) is 29.5 Å². The Morgan fingerprint density at radius 2 is 1.48 bits per heavy atom. The van der Waals surface area contributed by atoms with Crippen LogP contribution in [0, 0.1) is 31.6 Å². The lowest BCUT2D eigenvalue weighted by Crippen LogP contribution is -2.57. The van der Waals surface area contributed by atoms with Gasteiger partial charge in [-0.1, -0.05) is 51.1 Å². The highest BCUT2D eigenvalue weighted by Gasteiger charge is 2.44. The van der Waals surface area contributed by atoms with Gasteiger partial charge in [0.1, 0.15) is 25.3 Å². The Labute approximate surface area is 518 Å². The van der Waals surface area contributed by atoms with Crippen LogP contribution in [0.15, 0.2) is 58.8 Å². The molecule has 0 bridgehead atoms. The highest BCUT2D eigenvalue weighted by molar-refractivity contribution is 7.13. The number of aromatic amines is 1. The van der Waals surface area contributed by atoms with Gasteiger partial charge in [0.15, 0.2) is 0 Å². The van der Waals surface area contributed by atoms with Crippen LogP contribution in [-0.4, -0.2) is 196 Å². The van der Waals surface area contributed by atoms with Gasteiger partial charge in [-0.2, -0.15) is 0 Å². The zero-order valence-corrected chi connectivity index (χ0v) is 52.8. The largest absolute Gasteiger partial charge is 0.391 e. The molecule has 3 atom stereocenters. The normalized spacial score (nSPS) is 15.4. The Morgan fingerprint density at radius 3 is 2.09 bits per heavy atom. The Hall–Kier alpha value is -7.23. The molecule has 0 radical (unpaired) electrons. The number of nitrogens with one attached hydrogen (secondary N) is 7. The molecule has 2 aliphatic heterocycles. The molecule has 8 N–H and O–H groups in total. The molecule has 1 fully saturated rings. The van der Waals surface area contributed by atoms with Crippen molar-refractivity contribution >= 4 is 64.3 Å². The van der Waals surface area contributed by atoms with Crippen molar-refractivity contribution in [2.24, 2.45) is 5.41 Å². The second kappa shape index (κ2) is 35.1. The second-order valence-corrected chi connectivity index (χ2v) is 23.8. The highest BCUT2D eigenvalue weighted by Crippen LogP contribution is 2.31. The SMILES string of the molecule is Cc1cc(C)c(CNC(=O)c2cc(C3=CCN(C(=O)COCCOCCOCC(=O)NCCOCCOCCOCCC(=O)N[C@H](C(=O)N4C[C@H](O)C[C@H]4C(=O)NCc4ccc(-c5scnc5C)cc4)C(C)(C)C)CC3)cc(NC(C)C)c2C=N)c(=O)[nH]1. The Morgan fingerprint density at radius 1 is 0.818 bits per heavy atom. The van der Waals surface area contributed by atoms with E-state index in [1.54, 1.807) is 34.7 Å². The summed E-state index contributed by atoms with van der Waals surface area (Å²) in [6.45, 7) is 18.3. The predicted octanol–water partition coefficient (Wildman–Crippen LogP) is 4.20. The van der Waals surface area contributed by atoms with Crippen molar-refractivity contribution in [3.8, 4) is 10.4 Å². The van der Waals surface area contributed by atoms with E-state index in [2.05, 4.69) is 36.6 Å². The first-order chi connectivity index (χ1) is 42.1. The molecule has 2 aromatic heterocycles. The summed E-state index contributed by atoms with van der Waals surface area (Å²) < 4.78 is 33.2. The highest BCUT2D eigenvalue weighted by atomic mass is 32.1. The number of carbonyl (C=O) groups is 6. The van der Waals surface area contributed by atoms with Crippen molar-refractivity contribution in [2.75, 3.05) is 111 Å². The van der Waals surface area contributed by atoms with Crippen LogP contribution in [0.4, 0.5) is 5.69 Å². The number of aromatic nitrogens is 2.